The highest BCUT2D eigenvalue weighted by atomic mass is 14.9. The van der Waals surface area contributed by atoms with E-state index in [1.54, 1.807) is 6.20 Å². The van der Waals surface area contributed by atoms with Crippen LogP contribution in [-0.2, 0) is 0 Å². The lowest BCUT2D eigenvalue weighted by molar-refractivity contribution is 1.23. The number of H-pyrrole nitrogens is 1. The van der Waals surface area contributed by atoms with Gasteiger partial charge in [-0.05, 0) is 25.1 Å². The predicted octanol–water partition coefficient (Wildman–Crippen LogP) is 2.67. The molecule has 0 aromatic carbocycles. The molecule has 3 aromatic heterocycles. The van der Waals surface area contributed by atoms with Gasteiger partial charge in [0.15, 0.2) is 0 Å². The van der Waals surface area contributed by atoms with Gasteiger partial charge in [-0.25, -0.2) is 4.98 Å². The number of fused-ring (bicyclic) bond motifs is 3. The van der Waals surface area contributed by atoms with E-state index in [4.69, 9.17) is 0 Å². The number of nitrogens with zero attached hydrogens (tertiary/aromatic N) is 2. The Balaban J connectivity index is 0.000000853. The molecule has 70 valence electrons. The molecule has 0 radical (unpaired) electrons. The fourth-order valence-electron chi connectivity index (χ4n) is 1.71. The summed E-state index contributed by atoms with van der Waals surface area (Å²) in [5.41, 5.74) is 3.05. The van der Waals surface area contributed by atoms with Gasteiger partial charge in [0.05, 0.1) is 5.52 Å². The molecule has 0 aliphatic rings. The second-order valence-corrected chi connectivity index (χ2v) is 3.40. The van der Waals surface area contributed by atoms with Crippen LogP contribution >= 0.6 is 0 Å². The van der Waals surface area contributed by atoms with Crippen LogP contribution in [0.25, 0.3) is 21.9 Å². The largest absolute Gasteiger partial charge is 0.339 e. The van der Waals surface area contributed by atoms with E-state index in [2.05, 4.69) is 21.0 Å². The van der Waals surface area contributed by atoms with Gasteiger partial charge in [-0.3, -0.25) is 4.98 Å². The molecule has 3 rings (SSSR count). The molecule has 1 N–H and O–H groups in total. The van der Waals surface area contributed by atoms with Gasteiger partial charge in [0.1, 0.15) is 5.65 Å². The summed E-state index contributed by atoms with van der Waals surface area (Å²) in [5.74, 6) is 0. The first-order valence-electron chi connectivity index (χ1n) is 4.53. The van der Waals surface area contributed by atoms with Crippen molar-refractivity contribution in [3.8, 4) is 0 Å². The van der Waals surface area contributed by atoms with Crippen molar-refractivity contribution in [1.29, 1.82) is 0 Å². The molecule has 0 atom stereocenters. The van der Waals surface area contributed by atoms with Gasteiger partial charge < -0.3 is 4.98 Å². The average Bonchev–Trinajstić information content (AvgIpc) is 2.54. The number of nitrogens with one attached hydrogen (secondary N) is 1. The highest BCUT2D eigenvalue weighted by molar-refractivity contribution is 6.05. The van der Waals surface area contributed by atoms with Crippen molar-refractivity contribution in [3.05, 3.63) is 36.3 Å². The van der Waals surface area contributed by atoms with Crippen LogP contribution < -0.4 is 0 Å². The van der Waals surface area contributed by atoms with Crippen LogP contribution in [0.3, 0.4) is 0 Å². The van der Waals surface area contributed by atoms with Crippen LogP contribution in [0, 0.1) is 6.92 Å². The van der Waals surface area contributed by atoms with Gasteiger partial charge in [-0.2, -0.15) is 0 Å². The molecule has 0 saturated heterocycles. The Labute approximate surface area is 82.3 Å². The summed E-state index contributed by atoms with van der Waals surface area (Å²) in [6.45, 7) is 1.99. The third-order valence-corrected chi connectivity index (χ3v) is 2.40. The minimum absolute atomic E-state index is 0. The van der Waals surface area contributed by atoms with Gasteiger partial charge in [0.25, 0.3) is 0 Å². The lowest BCUT2D eigenvalue weighted by Gasteiger charge is -1.91. The Hall–Kier alpha value is -1.90. The Bertz CT molecular complexity index is 615. The summed E-state index contributed by atoms with van der Waals surface area (Å²) in [6, 6.07) is 6.06. The quantitative estimate of drug-likeness (QED) is 0.585. The molecule has 0 spiro atoms. The van der Waals surface area contributed by atoms with Gasteiger partial charge in [0, 0.05) is 30.3 Å². The molecule has 0 unspecified atom stereocenters. The summed E-state index contributed by atoms with van der Waals surface area (Å²) in [6.07, 6.45) is 3.65. The van der Waals surface area contributed by atoms with Gasteiger partial charge in [0.2, 0.25) is 0 Å². The van der Waals surface area contributed by atoms with Crippen molar-refractivity contribution in [2.75, 3.05) is 0 Å². The molecule has 3 heteroatoms. The summed E-state index contributed by atoms with van der Waals surface area (Å²) < 4.78 is 0. The van der Waals surface area contributed by atoms with Crippen molar-refractivity contribution in [3.63, 3.8) is 0 Å². The first-order chi connectivity index (χ1) is 6.84. The standard InChI is InChI=1S/C11H9N3.H2/c1-7-2-3-8-9-6-12-5-4-10(9)14-11(8)13-7;/h2-6H,1H3,(H,13,14);1H. The SMILES string of the molecule is Cc1ccc2c(n1)[nH]c1ccncc12.[HH]. The predicted molar refractivity (Wildman–Crippen MR) is 58.2 cm³/mol. The zero-order valence-electron chi connectivity index (χ0n) is 7.78. The molecule has 3 nitrogen and oxygen atoms in total. The van der Waals surface area contributed by atoms with Crippen LogP contribution in [0.1, 0.15) is 7.12 Å². The highest BCUT2D eigenvalue weighted by Gasteiger charge is 2.03. The fourth-order valence-corrected chi connectivity index (χ4v) is 1.71. The van der Waals surface area contributed by atoms with Crippen LogP contribution in [0.4, 0.5) is 0 Å². The van der Waals surface area contributed by atoms with Crippen molar-refractivity contribution in [2.24, 2.45) is 0 Å². The number of aryl methyl sites for hydroxylation is 1. The van der Waals surface area contributed by atoms with Crippen molar-refractivity contribution < 1.29 is 1.43 Å². The molecule has 14 heavy (non-hydrogen) atoms. The van der Waals surface area contributed by atoms with E-state index in [1.807, 2.05) is 25.3 Å². The summed E-state index contributed by atoms with van der Waals surface area (Å²) in [7, 11) is 0. The van der Waals surface area contributed by atoms with Gasteiger partial charge in [-0.1, -0.05) is 0 Å². The van der Waals surface area contributed by atoms with Crippen molar-refractivity contribution >= 4 is 21.9 Å². The summed E-state index contributed by atoms with van der Waals surface area (Å²) in [5, 5.41) is 2.27. The van der Waals surface area contributed by atoms with Crippen LogP contribution in [0.2, 0.25) is 0 Å². The van der Waals surface area contributed by atoms with E-state index in [9.17, 15) is 0 Å². The lowest BCUT2D eigenvalue weighted by atomic mass is 10.2. The van der Waals surface area contributed by atoms with Gasteiger partial charge >= 0.3 is 0 Å². The van der Waals surface area contributed by atoms with Crippen LogP contribution in [0.15, 0.2) is 30.6 Å². The Morgan fingerprint density at radius 2 is 2.14 bits per heavy atom. The van der Waals surface area contributed by atoms with E-state index >= 15 is 0 Å². The minimum atomic E-state index is 0. The molecule has 0 aliphatic heterocycles. The monoisotopic (exact) mass is 185 g/mol. The third-order valence-electron chi connectivity index (χ3n) is 2.40. The van der Waals surface area contributed by atoms with Crippen LogP contribution in [0.5, 0.6) is 0 Å². The number of hydrogen-bond acceptors (Lipinski definition) is 2. The molecule has 0 fully saturated rings. The Morgan fingerprint density at radius 1 is 1.21 bits per heavy atom. The third kappa shape index (κ3) is 0.923. The summed E-state index contributed by atoms with van der Waals surface area (Å²) >= 11 is 0. The molecular formula is C11H11N3. The normalized spacial score (nSPS) is 11.2. The number of rotatable bonds is 0. The fraction of sp³-hybridized carbons (Fsp3) is 0.0909. The van der Waals surface area contributed by atoms with Gasteiger partial charge in [-0.15, -0.1) is 0 Å². The summed E-state index contributed by atoms with van der Waals surface area (Å²) in [4.78, 5) is 11.8. The first kappa shape index (κ1) is 7.50. The van der Waals surface area contributed by atoms with E-state index in [0.717, 1.165) is 27.6 Å². The molecule has 3 aromatic rings. The number of hydrogen-bond donors (Lipinski definition) is 1. The first-order valence-corrected chi connectivity index (χ1v) is 4.53. The molecule has 0 saturated carbocycles. The number of aromatic nitrogens is 3. The second-order valence-electron chi connectivity index (χ2n) is 3.40. The molecule has 0 bridgehead atoms. The average molecular weight is 185 g/mol. The molecular weight excluding hydrogens is 174 g/mol. The zero-order valence-corrected chi connectivity index (χ0v) is 7.78. The van der Waals surface area contributed by atoms with Crippen molar-refractivity contribution in [2.45, 2.75) is 6.92 Å². The molecule has 0 aliphatic carbocycles. The lowest BCUT2D eigenvalue weighted by Crippen LogP contribution is -1.79. The smallest absolute Gasteiger partial charge is 0.138 e. The van der Waals surface area contributed by atoms with E-state index < -0.39 is 0 Å². The minimum Gasteiger partial charge on any atom is -0.339 e. The van der Waals surface area contributed by atoms with E-state index in [0.29, 0.717) is 0 Å². The number of pyridine rings is 2. The van der Waals surface area contributed by atoms with E-state index in [1.165, 1.54) is 0 Å². The zero-order chi connectivity index (χ0) is 9.54. The maximum Gasteiger partial charge on any atom is 0.138 e. The topological polar surface area (TPSA) is 41.6 Å². The maximum absolute atomic E-state index is 4.43. The second kappa shape index (κ2) is 2.54. The number of aromatic amines is 1. The maximum atomic E-state index is 4.43. The van der Waals surface area contributed by atoms with E-state index in [-0.39, 0.29) is 1.43 Å². The van der Waals surface area contributed by atoms with Crippen molar-refractivity contribution in [1.82, 2.24) is 15.0 Å². The highest BCUT2D eigenvalue weighted by Crippen LogP contribution is 2.22. The Kier molecular flexibility index (Phi) is 1.36. The van der Waals surface area contributed by atoms with Crippen LogP contribution in [-0.4, -0.2) is 15.0 Å². The molecule has 0 amide bonds. The Morgan fingerprint density at radius 3 is 3.07 bits per heavy atom. The molecule has 3 heterocycles.